The number of nitrogens with one attached hydrogen (secondary N) is 2. The molecule has 0 unspecified atom stereocenters. The Balaban J connectivity index is 1.38. The minimum atomic E-state index is -0.0305. The van der Waals surface area contributed by atoms with Crippen molar-refractivity contribution in [3.8, 4) is 0 Å². The van der Waals surface area contributed by atoms with E-state index in [1.54, 1.807) is 11.3 Å². The van der Waals surface area contributed by atoms with E-state index in [-0.39, 0.29) is 11.9 Å². The Labute approximate surface area is 151 Å². The van der Waals surface area contributed by atoms with Crippen molar-refractivity contribution in [3.05, 3.63) is 23.3 Å². The second kappa shape index (κ2) is 6.25. The number of rotatable bonds is 3. The third kappa shape index (κ3) is 2.81. The molecule has 0 radical (unpaired) electrons. The Morgan fingerprint density at radius 1 is 1.28 bits per heavy atom. The summed E-state index contributed by atoms with van der Waals surface area (Å²) < 4.78 is 1.17. The summed E-state index contributed by atoms with van der Waals surface area (Å²) in [5, 5.41) is 10.2. The number of hydrogen-bond acceptors (Lipinski definition) is 5. The molecule has 3 fully saturated rings. The summed E-state index contributed by atoms with van der Waals surface area (Å²) in [6, 6.07) is 3.29. The first kappa shape index (κ1) is 15.6. The number of carbonyl (C=O) groups is 1. The lowest BCUT2D eigenvalue weighted by Crippen LogP contribution is -2.43. The van der Waals surface area contributed by atoms with Crippen molar-refractivity contribution >= 4 is 33.0 Å². The van der Waals surface area contributed by atoms with Crippen molar-refractivity contribution in [2.45, 2.75) is 56.7 Å². The molecule has 0 spiro atoms. The van der Waals surface area contributed by atoms with Crippen LogP contribution in [-0.4, -0.2) is 42.1 Å². The molecule has 6 heteroatoms. The molecule has 0 aliphatic carbocycles. The van der Waals surface area contributed by atoms with Crippen LogP contribution in [0.2, 0.25) is 0 Å². The fourth-order valence-electron chi connectivity index (χ4n) is 4.65. The molecule has 2 aromatic rings. The minimum Gasteiger partial charge on any atom is -0.370 e. The normalized spacial score (nSPS) is 28.6. The second-order valence-electron chi connectivity index (χ2n) is 7.60. The molecule has 0 saturated carbocycles. The van der Waals surface area contributed by atoms with Crippen LogP contribution >= 0.6 is 11.3 Å². The van der Waals surface area contributed by atoms with Crippen molar-refractivity contribution < 1.29 is 4.79 Å². The number of thiophene rings is 1. The fourth-order valence-corrected chi connectivity index (χ4v) is 5.57. The molecule has 5 nitrogen and oxygen atoms in total. The van der Waals surface area contributed by atoms with Crippen LogP contribution in [0, 0.1) is 0 Å². The van der Waals surface area contributed by atoms with Crippen LogP contribution in [0.15, 0.2) is 17.6 Å². The van der Waals surface area contributed by atoms with Gasteiger partial charge in [-0.1, -0.05) is 0 Å². The predicted octanol–water partition coefficient (Wildman–Crippen LogP) is 2.91. The lowest BCUT2D eigenvalue weighted by molar-refractivity contribution is 0.0926. The van der Waals surface area contributed by atoms with Gasteiger partial charge in [0.2, 0.25) is 0 Å². The van der Waals surface area contributed by atoms with E-state index >= 15 is 0 Å². The van der Waals surface area contributed by atoms with Crippen molar-refractivity contribution in [1.82, 2.24) is 15.6 Å². The molecule has 2 aromatic heterocycles. The third-order valence-electron chi connectivity index (χ3n) is 5.99. The molecule has 5 rings (SSSR count). The first-order valence-corrected chi connectivity index (χ1v) is 10.3. The zero-order valence-electron chi connectivity index (χ0n) is 14.3. The predicted molar refractivity (Wildman–Crippen MR) is 102 cm³/mol. The van der Waals surface area contributed by atoms with Gasteiger partial charge in [-0.2, -0.15) is 0 Å². The Hall–Kier alpha value is -1.66. The van der Waals surface area contributed by atoms with Gasteiger partial charge in [0.25, 0.3) is 5.91 Å². The second-order valence-corrected chi connectivity index (χ2v) is 8.51. The largest absolute Gasteiger partial charge is 0.370 e. The average molecular weight is 356 g/mol. The van der Waals surface area contributed by atoms with Crippen molar-refractivity contribution in [1.29, 1.82) is 0 Å². The highest BCUT2D eigenvalue weighted by atomic mass is 32.1. The number of amides is 1. The molecule has 3 aliphatic heterocycles. The number of hydrogen-bond donors (Lipinski definition) is 2. The summed E-state index contributed by atoms with van der Waals surface area (Å²) in [6.45, 7) is 2.24. The number of anilines is 1. The van der Waals surface area contributed by atoms with E-state index < -0.39 is 0 Å². The zero-order chi connectivity index (χ0) is 16.8. The molecule has 132 valence electrons. The smallest absolute Gasteiger partial charge is 0.270 e. The van der Waals surface area contributed by atoms with E-state index in [1.807, 2.05) is 12.3 Å². The van der Waals surface area contributed by atoms with Gasteiger partial charge in [0.1, 0.15) is 5.69 Å². The molecule has 3 atom stereocenters. The molecule has 3 aliphatic rings. The Bertz CT molecular complexity index is 798. The first-order chi connectivity index (χ1) is 12.3. The number of aromatic nitrogens is 1. The average Bonchev–Trinajstić information content (AvgIpc) is 3.37. The van der Waals surface area contributed by atoms with Crippen molar-refractivity contribution in [2.24, 2.45) is 0 Å². The molecule has 3 saturated heterocycles. The van der Waals surface area contributed by atoms with Crippen LogP contribution in [0.5, 0.6) is 0 Å². The number of piperidine rings is 1. The number of fused-ring (bicyclic) bond motifs is 3. The molecule has 0 aromatic carbocycles. The van der Waals surface area contributed by atoms with Gasteiger partial charge in [0, 0.05) is 48.2 Å². The molecule has 25 heavy (non-hydrogen) atoms. The van der Waals surface area contributed by atoms with E-state index in [4.69, 9.17) is 0 Å². The number of nitrogens with zero attached hydrogens (tertiary/aromatic N) is 2. The highest BCUT2D eigenvalue weighted by molar-refractivity contribution is 7.17. The Morgan fingerprint density at radius 3 is 2.92 bits per heavy atom. The molecule has 2 N–H and O–H groups in total. The third-order valence-corrected chi connectivity index (χ3v) is 6.91. The van der Waals surface area contributed by atoms with Gasteiger partial charge in [-0.15, -0.1) is 11.3 Å². The van der Waals surface area contributed by atoms with Gasteiger partial charge < -0.3 is 15.5 Å². The number of pyridine rings is 1. The number of carbonyl (C=O) groups excluding carboxylic acids is 1. The molecular weight excluding hydrogens is 332 g/mol. The minimum absolute atomic E-state index is 0.0305. The summed E-state index contributed by atoms with van der Waals surface area (Å²) >= 11 is 1.72. The molecular formula is C19H24N4OS. The van der Waals surface area contributed by atoms with E-state index in [2.05, 4.69) is 25.9 Å². The molecule has 5 heterocycles. The van der Waals surface area contributed by atoms with E-state index in [1.165, 1.54) is 47.9 Å². The lowest BCUT2D eigenvalue weighted by atomic mass is 9.95. The zero-order valence-corrected chi connectivity index (χ0v) is 15.1. The van der Waals surface area contributed by atoms with Crippen LogP contribution in [-0.2, 0) is 0 Å². The van der Waals surface area contributed by atoms with Gasteiger partial charge >= 0.3 is 0 Å². The summed E-state index contributed by atoms with van der Waals surface area (Å²) in [5.74, 6) is -0.0305. The maximum atomic E-state index is 12.7. The maximum Gasteiger partial charge on any atom is 0.270 e. The van der Waals surface area contributed by atoms with E-state index in [0.717, 1.165) is 19.5 Å². The maximum absolute atomic E-state index is 12.7. The van der Waals surface area contributed by atoms with Crippen LogP contribution in [0.25, 0.3) is 10.1 Å². The summed E-state index contributed by atoms with van der Waals surface area (Å²) in [5.41, 5.74) is 1.82. The lowest BCUT2D eigenvalue weighted by Gasteiger charge is -2.28. The van der Waals surface area contributed by atoms with Crippen LogP contribution in [0.3, 0.4) is 0 Å². The Morgan fingerprint density at radius 2 is 2.16 bits per heavy atom. The van der Waals surface area contributed by atoms with E-state index in [9.17, 15) is 4.79 Å². The topological polar surface area (TPSA) is 57.3 Å². The fraction of sp³-hybridized carbons (Fsp3) is 0.579. The Kier molecular flexibility index (Phi) is 3.90. The van der Waals surface area contributed by atoms with Crippen LogP contribution in [0.1, 0.15) is 49.0 Å². The quantitative estimate of drug-likeness (QED) is 0.888. The monoisotopic (exact) mass is 356 g/mol. The highest BCUT2D eigenvalue weighted by Crippen LogP contribution is 2.34. The molecule has 2 bridgehead atoms. The van der Waals surface area contributed by atoms with Gasteiger partial charge in [0.05, 0.1) is 10.4 Å². The van der Waals surface area contributed by atoms with Gasteiger partial charge in [0.15, 0.2) is 0 Å². The summed E-state index contributed by atoms with van der Waals surface area (Å²) in [7, 11) is 0. The van der Waals surface area contributed by atoms with E-state index in [0.29, 0.717) is 17.8 Å². The molecule has 1 amide bonds. The van der Waals surface area contributed by atoms with Crippen molar-refractivity contribution in [3.63, 3.8) is 0 Å². The SMILES string of the molecule is O=C(N[C@@H]1C[C@H]2CC[C@@H]1N2)c1cc2c(N3CCCCC3)csc2cn1. The highest BCUT2D eigenvalue weighted by Gasteiger charge is 2.39. The van der Waals surface area contributed by atoms with Crippen LogP contribution in [0.4, 0.5) is 5.69 Å². The van der Waals surface area contributed by atoms with Gasteiger partial charge in [-0.05, 0) is 44.6 Å². The first-order valence-electron chi connectivity index (χ1n) is 9.47. The van der Waals surface area contributed by atoms with Gasteiger partial charge in [-0.3, -0.25) is 4.79 Å². The summed E-state index contributed by atoms with van der Waals surface area (Å²) in [4.78, 5) is 19.6. The van der Waals surface area contributed by atoms with Gasteiger partial charge in [-0.25, -0.2) is 4.98 Å². The summed E-state index contributed by atoms with van der Waals surface area (Å²) in [6.07, 6.45) is 9.17. The van der Waals surface area contributed by atoms with Crippen molar-refractivity contribution in [2.75, 3.05) is 18.0 Å². The van der Waals surface area contributed by atoms with Crippen LogP contribution < -0.4 is 15.5 Å². The standard InChI is InChI=1S/C19H24N4OS/c24-19(22-15-8-12-4-5-14(15)21-12)16-9-13-17(11-25-18(13)10-20-16)23-6-2-1-3-7-23/h9-12,14-15,21H,1-8H2,(H,22,24)/t12-,14+,15-/m1/s1.